The van der Waals surface area contributed by atoms with Crippen LogP contribution in [0.15, 0.2) is 31.4 Å². The van der Waals surface area contributed by atoms with Gasteiger partial charge in [-0.3, -0.25) is 0 Å². The molecule has 140 valence electrons. The lowest BCUT2D eigenvalue weighted by atomic mass is 10.3. The van der Waals surface area contributed by atoms with Crippen molar-refractivity contribution in [2.24, 2.45) is 0 Å². The predicted octanol–water partition coefficient (Wildman–Crippen LogP) is 4.12. The number of sulfonamides is 1. The number of aromatic nitrogens is 3. The van der Waals surface area contributed by atoms with E-state index < -0.39 is 21.9 Å². The largest absolute Gasteiger partial charge is 0.433 e. The Bertz CT molecular complexity index is 1070. The molecule has 0 unspecified atom stereocenters. The summed E-state index contributed by atoms with van der Waals surface area (Å²) >= 11 is 3.77. The second kappa shape index (κ2) is 6.39. The van der Waals surface area contributed by atoms with Crippen LogP contribution in [0.5, 0.6) is 0 Å². The second-order valence-corrected chi connectivity index (χ2v) is 8.95. The number of nitrogens with one attached hydrogen (secondary N) is 1. The average Bonchev–Trinajstić information content (AvgIpc) is 3.21. The fourth-order valence-electron chi connectivity index (χ4n) is 2.03. The molecule has 7 nitrogen and oxygen atoms in total. The van der Waals surface area contributed by atoms with Gasteiger partial charge in [0.1, 0.15) is 19.4 Å². The molecule has 0 aromatic carbocycles. The van der Waals surface area contributed by atoms with Crippen LogP contribution in [-0.4, -0.2) is 23.4 Å². The summed E-state index contributed by atoms with van der Waals surface area (Å²) in [5.74, 6) is -0.122. The minimum atomic E-state index is -4.62. The highest BCUT2D eigenvalue weighted by Gasteiger charge is 2.36. The van der Waals surface area contributed by atoms with Crippen molar-refractivity contribution in [2.75, 3.05) is 4.72 Å². The van der Waals surface area contributed by atoms with Crippen molar-refractivity contribution in [1.82, 2.24) is 14.9 Å². The van der Waals surface area contributed by atoms with Crippen LogP contribution in [0, 0.1) is 13.8 Å². The lowest BCUT2D eigenvalue weighted by molar-refractivity contribution is -0.142. The molecule has 0 atom stereocenters. The van der Waals surface area contributed by atoms with Gasteiger partial charge >= 0.3 is 6.18 Å². The molecule has 1 N–H and O–H groups in total. The van der Waals surface area contributed by atoms with Crippen LogP contribution in [0.1, 0.15) is 17.1 Å². The van der Waals surface area contributed by atoms with Crippen LogP contribution in [0.3, 0.4) is 0 Å². The highest BCUT2D eigenvalue weighted by molar-refractivity contribution is 9.10. The number of anilines is 1. The van der Waals surface area contributed by atoms with E-state index in [4.69, 9.17) is 4.52 Å². The van der Waals surface area contributed by atoms with Gasteiger partial charge in [0.05, 0.1) is 11.4 Å². The van der Waals surface area contributed by atoms with Crippen molar-refractivity contribution in [3.63, 3.8) is 0 Å². The molecule has 0 amide bonds. The van der Waals surface area contributed by atoms with Crippen LogP contribution < -0.4 is 4.72 Å². The molecular weight excluding hydrogens is 461 g/mol. The summed E-state index contributed by atoms with van der Waals surface area (Å²) in [4.78, 5) is 0. The van der Waals surface area contributed by atoms with Gasteiger partial charge in [0, 0.05) is 0 Å². The third kappa shape index (κ3) is 3.50. The molecule has 3 rings (SSSR count). The lowest BCUT2D eigenvalue weighted by Gasteiger charge is -2.08. The number of hydrogen-bond acceptors (Lipinski definition) is 6. The van der Waals surface area contributed by atoms with Crippen molar-refractivity contribution in [3.8, 4) is 5.00 Å². The van der Waals surface area contributed by atoms with Gasteiger partial charge in [-0.25, -0.2) is 17.8 Å². The molecule has 3 aromatic rings. The monoisotopic (exact) mass is 470 g/mol. The topological polar surface area (TPSA) is 90.0 Å². The third-order valence-corrected chi connectivity index (χ3v) is 7.00. The molecule has 0 fully saturated rings. The van der Waals surface area contributed by atoms with E-state index in [2.05, 4.69) is 30.9 Å². The summed E-state index contributed by atoms with van der Waals surface area (Å²) in [7, 11) is -4.07. The fraction of sp³-hybridized carbons (Fsp3) is 0.231. The van der Waals surface area contributed by atoms with Crippen LogP contribution in [0.25, 0.3) is 5.00 Å². The van der Waals surface area contributed by atoms with E-state index in [1.807, 2.05) is 0 Å². The molecular formula is C13H10BrF3N4O3S2. The first-order valence-corrected chi connectivity index (χ1v) is 9.97. The Morgan fingerprint density at radius 1 is 1.31 bits per heavy atom. The van der Waals surface area contributed by atoms with E-state index >= 15 is 0 Å². The van der Waals surface area contributed by atoms with Gasteiger partial charge in [-0.05, 0) is 48.0 Å². The van der Waals surface area contributed by atoms with Crippen LogP contribution in [0.4, 0.5) is 19.1 Å². The molecule has 0 saturated heterocycles. The number of hydrogen-bond donors (Lipinski definition) is 1. The zero-order chi connectivity index (χ0) is 19.3. The normalized spacial score (nSPS) is 12.5. The molecule has 3 heterocycles. The molecule has 0 spiro atoms. The van der Waals surface area contributed by atoms with Gasteiger partial charge in [-0.15, -0.1) is 11.3 Å². The van der Waals surface area contributed by atoms with Gasteiger partial charge in [0.2, 0.25) is 0 Å². The maximum absolute atomic E-state index is 13.1. The first kappa shape index (κ1) is 18.9. The molecule has 0 aliphatic carbocycles. The minimum absolute atomic E-state index is 0.0126. The summed E-state index contributed by atoms with van der Waals surface area (Å²) in [6, 6.07) is 3.33. The zero-order valence-corrected chi connectivity index (χ0v) is 16.3. The number of halogens is 4. The number of alkyl halides is 3. The van der Waals surface area contributed by atoms with Gasteiger partial charge in [-0.2, -0.15) is 18.3 Å². The van der Waals surface area contributed by atoms with E-state index in [-0.39, 0.29) is 20.8 Å². The fourth-order valence-corrected chi connectivity index (χ4v) is 4.66. The number of aryl methyl sites for hydroxylation is 2. The summed E-state index contributed by atoms with van der Waals surface area (Å²) in [6.45, 7) is 3.02. The van der Waals surface area contributed by atoms with Gasteiger partial charge in [0.15, 0.2) is 0 Å². The Balaban J connectivity index is 1.97. The highest BCUT2D eigenvalue weighted by Crippen LogP contribution is 2.35. The highest BCUT2D eigenvalue weighted by atomic mass is 79.9. The molecule has 13 heteroatoms. The third-order valence-electron chi connectivity index (χ3n) is 3.18. The molecule has 26 heavy (non-hydrogen) atoms. The number of rotatable bonds is 4. The van der Waals surface area contributed by atoms with E-state index in [9.17, 15) is 21.6 Å². The SMILES string of the molecule is Cc1cc(C(F)(F)F)n(-c2ccc(S(=O)(=O)Nc3onc(C)c3Br)s2)n1. The standard InChI is InChI=1S/C13H10BrF3N4O3S2/c1-6-5-8(13(15,16)17)21(18-6)9-3-4-10(25-9)26(22,23)20-12-11(14)7(2)19-24-12/h3-5,20H,1-2H3. The van der Waals surface area contributed by atoms with E-state index in [0.717, 1.165) is 6.07 Å². The van der Waals surface area contributed by atoms with Crippen molar-refractivity contribution in [1.29, 1.82) is 0 Å². The maximum Gasteiger partial charge on any atom is 0.433 e. The Kier molecular flexibility index (Phi) is 4.65. The van der Waals surface area contributed by atoms with Gasteiger partial charge in [-0.1, -0.05) is 5.16 Å². The summed E-state index contributed by atoms with van der Waals surface area (Å²) in [6.07, 6.45) is -4.62. The number of thiophene rings is 1. The second-order valence-electron chi connectivity index (χ2n) is 5.19. The Morgan fingerprint density at radius 3 is 2.58 bits per heavy atom. The van der Waals surface area contributed by atoms with E-state index in [1.54, 1.807) is 6.92 Å². The Morgan fingerprint density at radius 2 is 2.00 bits per heavy atom. The summed E-state index contributed by atoms with van der Waals surface area (Å²) in [5, 5.41) is 7.42. The predicted molar refractivity (Wildman–Crippen MR) is 90.9 cm³/mol. The van der Waals surface area contributed by atoms with Crippen LogP contribution in [-0.2, 0) is 16.2 Å². The molecule has 0 aliphatic heterocycles. The van der Waals surface area contributed by atoms with Crippen molar-refractivity contribution in [2.45, 2.75) is 24.2 Å². The maximum atomic E-state index is 13.1. The number of nitrogens with zero attached hydrogens (tertiary/aromatic N) is 3. The molecule has 0 radical (unpaired) electrons. The zero-order valence-electron chi connectivity index (χ0n) is 13.1. The Hall–Kier alpha value is -1.86. The first-order valence-electron chi connectivity index (χ1n) is 6.87. The molecule has 0 bridgehead atoms. The molecule has 0 saturated carbocycles. The van der Waals surface area contributed by atoms with Gasteiger partial charge < -0.3 is 4.52 Å². The molecule has 0 aliphatic rings. The van der Waals surface area contributed by atoms with Crippen molar-refractivity contribution < 1.29 is 26.1 Å². The lowest BCUT2D eigenvalue weighted by Crippen LogP contribution is -2.12. The summed E-state index contributed by atoms with van der Waals surface area (Å²) < 4.78 is 72.1. The first-order chi connectivity index (χ1) is 12.0. The van der Waals surface area contributed by atoms with E-state index in [1.165, 1.54) is 19.1 Å². The van der Waals surface area contributed by atoms with Crippen molar-refractivity contribution >= 4 is 43.2 Å². The van der Waals surface area contributed by atoms with Gasteiger partial charge in [0.25, 0.3) is 15.9 Å². The summed E-state index contributed by atoms with van der Waals surface area (Å²) in [5.41, 5.74) is -0.381. The molecule has 3 aromatic heterocycles. The van der Waals surface area contributed by atoms with E-state index in [0.29, 0.717) is 26.2 Å². The van der Waals surface area contributed by atoms with Crippen LogP contribution in [0.2, 0.25) is 0 Å². The Labute approximate surface area is 158 Å². The van der Waals surface area contributed by atoms with Crippen molar-refractivity contribution in [3.05, 3.63) is 39.8 Å². The minimum Gasteiger partial charge on any atom is -0.336 e. The quantitative estimate of drug-likeness (QED) is 0.619. The smallest absolute Gasteiger partial charge is 0.336 e. The average molecular weight is 471 g/mol. The van der Waals surface area contributed by atoms with Crippen LogP contribution >= 0.6 is 27.3 Å².